The van der Waals surface area contributed by atoms with E-state index in [0.717, 1.165) is 0 Å². The molecule has 1 aromatic carbocycles. The van der Waals surface area contributed by atoms with Gasteiger partial charge in [-0.15, -0.1) is 0 Å². The molecule has 1 aromatic rings. The van der Waals surface area contributed by atoms with Crippen molar-refractivity contribution < 1.29 is 37.6 Å². The van der Waals surface area contributed by atoms with Gasteiger partial charge in [-0.2, -0.15) is 18.1 Å². The fourth-order valence-corrected chi connectivity index (χ4v) is 0.785. The number of halogens is 3. The van der Waals surface area contributed by atoms with Gasteiger partial charge in [-0.3, -0.25) is 4.89 Å². The topological polar surface area (TPSA) is 72.8 Å². The second-order valence-corrected chi connectivity index (χ2v) is 4.74. The number of alkyl halides is 3. The number of carboxylic acid groups (broad SMARTS) is 1. The Labute approximate surface area is 119 Å². The van der Waals surface area contributed by atoms with Gasteiger partial charge in [0, 0.05) is 0 Å². The molecule has 0 aliphatic carbocycles. The fraction of sp³-hybridized carbons (Fsp3) is 0.385. The predicted octanol–water partition coefficient (Wildman–Crippen LogP) is 3.21. The van der Waals surface area contributed by atoms with Crippen LogP contribution in [-0.4, -0.2) is 28.8 Å². The monoisotopic (exact) mass is 308 g/mol. The van der Waals surface area contributed by atoms with Gasteiger partial charge in [0.1, 0.15) is 5.60 Å². The molecule has 0 heterocycles. The lowest BCUT2D eigenvalue weighted by Crippen LogP contribution is -2.21. The van der Waals surface area contributed by atoms with E-state index in [1.807, 2.05) is 26.8 Å². The molecular weight excluding hydrogens is 293 g/mol. The van der Waals surface area contributed by atoms with Crippen LogP contribution in [0, 0.1) is 0 Å². The van der Waals surface area contributed by atoms with E-state index in [0.29, 0.717) is 5.56 Å². The molecule has 0 radical (unpaired) electrons. The second kappa shape index (κ2) is 7.63. The third kappa shape index (κ3) is 9.44. The molecule has 1 N–H and O–H groups in total. The molecule has 0 unspecified atom stereocenters. The summed E-state index contributed by atoms with van der Waals surface area (Å²) in [6.45, 7) is 5.43. The minimum Gasteiger partial charge on any atom is -0.475 e. The molecule has 21 heavy (non-hydrogen) atoms. The maximum absolute atomic E-state index is 11.3. The van der Waals surface area contributed by atoms with Gasteiger partial charge in [0.05, 0.1) is 5.56 Å². The van der Waals surface area contributed by atoms with Crippen LogP contribution in [0.1, 0.15) is 31.1 Å². The van der Waals surface area contributed by atoms with Crippen molar-refractivity contribution in [3.8, 4) is 0 Å². The average molecular weight is 308 g/mol. The van der Waals surface area contributed by atoms with Crippen LogP contribution in [0.3, 0.4) is 0 Å². The van der Waals surface area contributed by atoms with E-state index in [2.05, 4.69) is 4.89 Å². The summed E-state index contributed by atoms with van der Waals surface area (Å²) in [4.78, 5) is 29.8. The van der Waals surface area contributed by atoms with E-state index in [9.17, 15) is 18.0 Å². The zero-order valence-corrected chi connectivity index (χ0v) is 11.6. The Morgan fingerprint density at radius 1 is 1.05 bits per heavy atom. The molecule has 0 spiro atoms. The van der Waals surface area contributed by atoms with Crippen LogP contribution < -0.4 is 0 Å². The lowest BCUT2D eigenvalue weighted by molar-refractivity contribution is -0.301. The normalized spacial score (nSPS) is 11.1. The highest BCUT2D eigenvalue weighted by Gasteiger charge is 2.38. The summed E-state index contributed by atoms with van der Waals surface area (Å²) in [6, 6.07) is 8.73. The van der Waals surface area contributed by atoms with Crippen molar-refractivity contribution in [3.63, 3.8) is 0 Å². The minimum atomic E-state index is -5.08. The van der Waals surface area contributed by atoms with Crippen LogP contribution in [-0.2, 0) is 14.6 Å². The molecule has 0 aliphatic rings. The molecule has 8 heteroatoms. The number of carbonyl (C=O) groups is 2. The molecule has 0 aliphatic heterocycles. The van der Waals surface area contributed by atoms with E-state index in [1.165, 1.54) is 0 Å². The lowest BCUT2D eigenvalue weighted by atomic mass is 10.2. The molecule has 0 saturated heterocycles. The molecule has 0 aromatic heterocycles. The third-order valence-electron chi connectivity index (χ3n) is 1.62. The molecule has 0 amide bonds. The van der Waals surface area contributed by atoms with Crippen LogP contribution in [0.2, 0.25) is 0 Å². The van der Waals surface area contributed by atoms with Crippen LogP contribution in [0.25, 0.3) is 0 Å². The van der Waals surface area contributed by atoms with Gasteiger partial charge in [0.15, 0.2) is 0 Å². The molecule has 5 nitrogen and oxygen atoms in total. The third-order valence-corrected chi connectivity index (χ3v) is 1.62. The zero-order valence-electron chi connectivity index (χ0n) is 11.6. The molecule has 118 valence electrons. The van der Waals surface area contributed by atoms with Crippen LogP contribution >= 0.6 is 0 Å². The Balaban J connectivity index is 0.000000486. The van der Waals surface area contributed by atoms with E-state index >= 15 is 0 Å². The van der Waals surface area contributed by atoms with Crippen molar-refractivity contribution in [2.75, 3.05) is 0 Å². The predicted molar refractivity (Wildman–Crippen MR) is 66.4 cm³/mol. The van der Waals surface area contributed by atoms with E-state index in [4.69, 9.17) is 14.8 Å². The Hall–Kier alpha value is -2.09. The number of carbonyl (C=O) groups excluding carboxylic acids is 1. The van der Waals surface area contributed by atoms with Crippen LogP contribution in [0.5, 0.6) is 0 Å². The summed E-state index contributed by atoms with van der Waals surface area (Å²) >= 11 is 0. The quantitative estimate of drug-likeness (QED) is 0.671. The van der Waals surface area contributed by atoms with Gasteiger partial charge < -0.3 is 5.11 Å². The summed E-state index contributed by atoms with van der Waals surface area (Å²) in [5.41, 5.74) is 0.00140. The molecule has 1 rings (SSSR count). The Kier molecular flexibility index (Phi) is 6.87. The molecule has 0 fully saturated rings. The Morgan fingerprint density at radius 2 is 1.48 bits per heavy atom. The number of aliphatic carboxylic acids is 1. The number of benzene rings is 1. The minimum absolute atomic E-state index is 0.472. The number of carboxylic acids is 1. The first-order chi connectivity index (χ1) is 9.43. The van der Waals surface area contributed by atoms with Crippen molar-refractivity contribution in [1.82, 2.24) is 0 Å². The summed E-state index contributed by atoms with van der Waals surface area (Å²) in [6.07, 6.45) is -5.08. The zero-order chi connectivity index (χ0) is 16.7. The maximum Gasteiger partial charge on any atom is 0.490 e. The highest BCUT2D eigenvalue weighted by molar-refractivity contribution is 5.88. The number of hydrogen-bond donors (Lipinski definition) is 1. The molecule has 0 atom stereocenters. The summed E-state index contributed by atoms with van der Waals surface area (Å²) < 4.78 is 31.7. The van der Waals surface area contributed by atoms with Crippen molar-refractivity contribution in [3.05, 3.63) is 35.9 Å². The first kappa shape index (κ1) is 18.9. The fourth-order valence-electron chi connectivity index (χ4n) is 0.785. The van der Waals surface area contributed by atoms with E-state index in [1.54, 1.807) is 24.3 Å². The SMILES string of the molecule is CC(C)(C)OOC(=O)c1ccccc1.O=C(O)C(F)(F)F. The van der Waals surface area contributed by atoms with Gasteiger partial charge in [0.2, 0.25) is 0 Å². The van der Waals surface area contributed by atoms with Crippen LogP contribution in [0.15, 0.2) is 30.3 Å². The van der Waals surface area contributed by atoms with E-state index in [-0.39, 0.29) is 0 Å². The lowest BCUT2D eigenvalue weighted by Gasteiger charge is -2.16. The Bertz CT molecular complexity index is 463. The van der Waals surface area contributed by atoms with Gasteiger partial charge in [-0.1, -0.05) is 18.2 Å². The van der Waals surface area contributed by atoms with Gasteiger partial charge >= 0.3 is 18.1 Å². The van der Waals surface area contributed by atoms with Crippen molar-refractivity contribution in [2.24, 2.45) is 0 Å². The van der Waals surface area contributed by atoms with Crippen molar-refractivity contribution in [1.29, 1.82) is 0 Å². The smallest absolute Gasteiger partial charge is 0.475 e. The number of rotatable bonds is 2. The van der Waals surface area contributed by atoms with Gasteiger partial charge in [0.25, 0.3) is 0 Å². The Morgan fingerprint density at radius 3 is 1.81 bits per heavy atom. The molecular formula is C13H15F3O5. The molecule has 0 bridgehead atoms. The summed E-state index contributed by atoms with van der Waals surface area (Å²) in [5.74, 6) is -3.23. The highest BCUT2D eigenvalue weighted by atomic mass is 19.4. The van der Waals surface area contributed by atoms with E-state index < -0.39 is 23.7 Å². The van der Waals surface area contributed by atoms with Crippen LogP contribution in [0.4, 0.5) is 13.2 Å². The first-order valence-corrected chi connectivity index (χ1v) is 5.68. The van der Waals surface area contributed by atoms with Crippen molar-refractivity contribution >= 4 is 11.9 Å². The van der Waals surface area contributed by atoms with Crippen molar-refractivity contribution in [2.45, 2.75) is 32.5 Å². The number of hydrogen-bond acceptors (Lipinski definition) is 4. The summed E-state index contributed by atoms with van der Waals surface area (Å²) in [7, 11) is 0. The van der Waals surface area contributed by atoms with Gasteiger partial charge in [-0.25, -0.2) is 9.59 Å². The average Bonchev–Trinajstić information content (AvgIpc) is 2.35. The second-order valence-electron chi connectivity index (χ2n) is 4.74. The standard InChI is InChI=1S/C11H14O3.C2HF3O2/c1-11(2,3)14-13-10(12)9-7-5-4-6-8-9;3-2(4,5)1(6)7/h4-8H,1-3H3;(H,6,7). The molecule has 0 saturated carbocycles. The van der Waals surface area contributed by atoms with Gasteiger partial charge in [-0.05, 0) is 32.9 Å². The largest absolute Gasteiger partial charge is 0.490 e. The summed E-state index contributed by atoms with van der Waals surface area (Å²) in [5, 5.41) is 7.12. The highest BCUT2D eigenvalue weighted by Crippen LogP contribution is 2.13. The maximum atomic E-state index is 11.3. The first-order valence-electron chi connectivity index (χ1n) is 5.68.